The van der Waals surface area contributed by atoms with Crippen LogP contribution in [-0.4, -0.2) is 62.6 Å². The number of hydrogen-bond donors (Lipinski definition) is 2. The van der Waals surface area contributed by atoms with E-state index in [0.717, 1.165) is 5.69 Å². The summed E-state index contributed by atoms with van der Waals surface area (Å²) in [4.78, 5) is 22.0. The van der Waals surface area contributed by atoms with Crippen LogP contribution >= 0.6 is 0 Å². The van der Waals surface area contributed by atoms with E-state index in [1.807, 2.05) is 0 Å². The zero-order valence-electron chi connectivity index (χ0n) is 19.0. The smallest absolute Gasteiger partial charge is 0.248 e. The molecule has 0 spiro atoms. The highest BCUT2D eigenvalue weighted by Crippen LogP contribution is 2.35. The van der Waals surface area contributed by atoms with E-state index in [9.17, 15) is 17.6 Å². The van der Waals surface area contributed by atoms with E-state index in [1.54, 1.807) is 19.4 Å². The summed E-state index contributed by atoms with van der Waals surface area (Å²) in [7, 11) is 1.60. The molecule has 0 bridgehead atoms. The molecule has 0 radical (unpaired) electrons. The summed E-state index contributed by atoms with van der Waals surface area (Å²) in [6, 6.07) is 1.36. The zero-order valence-corrected chi connectivity index (χ0v) is 19.0. The molecule has 0 aliphatic heterocycles. The van der Waals surface area contributed by atoms with Crippen LogP contribution < -0.4 is 10.6 Å². The third kappa shape index (κ3) is 6.71. The lowest BCUT2D eigenvalue weighted by Gasteiger charge is -2.29. The van der Waals surface area contributed by atoms with Crippen molar-refractivity contribution < 1.29 is 22.3 Å². The van der Waals surface area contributed by atoms with Gasteiger partial charge in [-0.25, -0.2) is 27.5 Å². The van der Waals surface area contributed by atoms with E-state index < -0.39 is 11.8 Å². The van der Waals surface area contributed by atoms with Gasteiger partial charge in [-0.05, 0) is 31.7 Å². The Bertz CT molecular complexity index is 910. The van der Waals surface area contributed by atoms with E-state index in [1.165, 1.54) is 0 Å². The molecule has 0 atom stereocenters. The van der Waals surface area contributed by atoms with Crippen molar-refractivity contribution in [2.24, 2.45) is 0 Å². The number of ether oxygens (including phenoxy) is 1. The average molecular weight is 484 g/mol. The highest BCUT2D eigenvalue weighted by Gasteiger charge is 2.36. The van der Waals surface area contributed by atoms with Crippen LogP contribution in [0.1, 0.15) is 57.1 Å². The van der Waals surface area contributed by atoms with Gasteiger partial charge in [0.25, 0.3) is 0 Å². The number of rotatable bonds is 8. The predicted molar refractivity (Wildman–Crippen MR) is 118 cm³/mol. The van der Waals surface area contributed by atoms with Crippen molar-refractivity contribution in [1.82, 2.24) is 24.9 Å². The Morgan fingerprint density at radius 1 is 0.824 bits per heavy atom. The van der Waals surface area contributed by atoms with E-state index in [-0.39, 0.29) is 87.0 Å². The fourth-order valence-corrected chi connectivity index (χ4v) is 4.19. The summed E-state index contributed by atoms with van der Waals surface area (Å²) in [6.07, 6.45) is 2.54. The van der Waals surface area contributed by atoms with Gasteiger partial charge in [0.05, 0.1) is 6.61 Å². The molecule has 12 heteroatoms. The molecule has 186 valence electrons. The summed E-state index contributed by atoms with van der Waals surface area (Å²) < 4.78 is 59.3. The van der Waals surface area contributed by atoms with Gasteiger partial charge >= 0.3 is 0 Å². The summed E-state index contributed by atoms with van der Waals surface area (Å²) >= 11 is 0. The number of aromatic nitrogens is 5. The second-order valence-corrected chi connectivity index (χ2v) is 8.97. The number of anilines is 2. The minimum absolute atomic E-state index is 0.200. The highest BCUT2D eigenvalue weighted by molar-refractivity contribution is 5.50. The predicted octanol–water partition coefficient (Wildman–Crippen LogP) is 4.50. The number of methoxy groups -OCH3 is 1. The highest BCUT2D eigenvalue weighted by atomic mass is 19.3. The molecule has 2 N–H and O–H groups in total. The van der Waals surface area contributed by atoms with Gasteiger partial charge in [-0.1, -0.05) is 0 Å². The maximum absolute atomic E-state index is 13.5. The summed E-state index contributed by atoms with van der Waals surface area (Å²) in [6.45, 7) is 0.492. The Labute approximate surface area is 195 Å². The monoisotopic (exact) mass is 483 g/mol. The lowest BCUT2D eigenvalue weighted by Crippen LogP contribution is -2.33. The van der Waals surface area contributed by atoms with E-state index in [4.69, 9.17) is 4.74 Å². The van der Waals surface area contributed by atoms with Crippen molar-refractivity contribution in [3.05, 3.63) is 18.0 Å². The number of nitrogens with zero attached hydrogens (tertiary/aromatic N) is 5. The maximum atomic E-state index is 13.5. The molecular weight excluding hydrogens is 454 g/mol. The van der Waals surface area contributed by atoms with Crippen LogP contribution in [0, 0.1) is 0 Å². The molecule has 2 aromatic heterocycles. The molecule has 0 aromatic carbocycles. The number of hydrogen-bond acceptors (Lipinski definition) is 8. The lowest BCUT2D eigenvalue weighted by atomic mass is 9.92. The average Bonchev–Trinajstić information content (AvgIpc) is 2.81. The number of alkyl halides is 4. The normalized spacial score (nSPS) is 20.7. The van der Waals surface area contributed by atoms with Crippen molar-refractivity contribution in [1.29, 1.82) is 0 Å². The SMILES string of the molecule is COCCc1ccnc(-c2nc(NC3CCC(F)(F)CC3)nc(NC3CCC(F)(F)CC3)n2)n1. The van der Waals surface area contributed by atoms with Gasteiger partial charge in [0, 0.05) is 63.2 Å². The Hall–Kier alpha value is -2.63. The third-order valence-electron chi connectivity index (χ3n) is 6.21. The summed E-state index contributed by atoms with van der Waals surface area (Å²) in [5, 5.41) is 6.27. The van der Waals surface area contributed by atoms with Crippen LogP contribution in [0.4, 0.5) is 29.5 Å². The molecule has 2 aliphatic rings. The molecule has 0 amide bonds. The van der Waals surface area contributed by atoms with Gasteiger partial charge in [-0.3, -0.25) is 0 Å². The molecule has 2 fully saturated rings. The van der Waals surface area contributed by atoms with Gasteiger partial charge in [0.2, 0.25) is 29.6 Å². The minimum atomic E-state index is -2.64. The van der Waals surface area contributed by atoms with Gasteiger partial charge in [0.15, 0.2) is 5.82 Å². The Morgan fingerprint density at radius 2 is 1.35 bits per heavy atom. The fraction of sp³-hybridized carbons (Fsp3) is 0.682. The minimum Gasteiger partial charge on any atom is -0.384 e. The first-order valence-corrected chi connectivity index (χ1v) is 11.6. The molecule has 2 aliphatic carbocycles. The topological polar surface area (TPSA) is 97.7 Å². The largest absolute Gasteiger partial charge is 0.384 e. The molecule has 2 aromatic rings. The first-order chi connectivity index (χ1) is 16.2. The Kier molecular flexibility index (Phi) is 7.44. The van der Waals surface area contributed by atoms with E-state index >= 15 is 0 Å². The van der Waals surface area contributed by atoms with E-state index in [2.05, 4.69) is 35.6 Å². The van der Waals surface area contributed by atoms with Gasteiger partial charge < -0.3 is 15.4 Å². The van der Waals surface area contributed by atoms with Crippen LogP contribution in [0.3, 0.4) is 0 Å². The standard InChI is InChI=1S/C22H29F4N7O/c1-34-13-7-16-6-12-27-17(28-16)18-31-19(29-14-2-8-21(23,24)9-3-14)33-20(32-18)30-15-4-10-22(25,26)11-5-15/h6,12,14-15H,2-5,7-11,13H2,1H3,(H2,29,30,31,32,33). The third-order valence-corrected chi connectivity index (χ3v) is 6.21. The van der Waals surface area contributed by atoms with Crippen molar-refractivity contribution in [2.75, 3.05) is 24.4 Å². The van der Waals surface area contributed by atoms with Crippen LogP contribution in [0.5, 0.6) is 0 Å². The Morgan fingerprint density at radius 3 is 1.85 bits per heavy atom. The van der Waals surface area contributed by atoms with Crippen LogP contribution in [-0.2, 0) is 11.2 Å². The van der Waals surface area contributed by atoms with Crippen molar-refractivity contribution in [2.45, 2.75) is 81.7 Å². The zero-order chi connectivity index (χ0) is 24.2. The van der Waals surface area contributed by atoms with Gasteiger partial charge in [-0.2, -0.15) is 15.0 Å². The molecular formula is C22H29F4N7O. The first-order valence-electron chi connectivity index (χ1n) is 11.6. The van der Waals surface area contributed by atoms with Crippen molar-refractivity contribution >= 4 is 11.9 Å². The maximum Gasteiger partial charge on any atom is 0.248 e. The second kappa shape index (κ2) is 10.3. The van der Waals surface area contributed by atoms with Crippen LogP contribution in [0.15, 0.2) is 12.3 Å². The molecule has 34 heavy (non-hydrogen) atoms. The Balaban J connectivity index is 1.56. The van der Waals surface area contributed by atoms with E-state index in [0.29, 0.717) is 13.0 Å². The summed E-state index contributed by atoms with van der Waals surface area (Å²) in [5.41, 5.74) is 0.750. The van der Waals surface area contributed by atoms with Crippen molar-refractivity contribution in [3.63, 3.8) is 0 Å². The molecule has 4 rings (SSSR count). The molecule has 0 saturated heterocycles. The second-order valence-electron chi connectivity index (χ2n) is 8.97. The lowest BCUT2D eigenvalue weighted by molar-refractivity contribution is -0.0366. The number of nitrogens with one attached hydrogen (secondary N) is 2. The fourth-order valence-electron chi connectivity index (χ4n) is 4.19. The van der Waals surface area contributed by atoms with Gasteiger partial charge in [0.1, 0.15) is 0 Å². The van der Waals surface area contributed by atoms with Gasteiger partial charge in [-0.15, -0.1) is 0 Å². The quantitative estimate of drug-likeness (QED) is 0.530. The molecule has 2 saturated carbocycles. The number of halogens is 4. The van der Waals surface area contributed by atoms with Crippen LogP contribution in [0.25, 0.3) is 11.6 Å². The molecule has 2 heterocycles. The molecule has 8 nitrogen and oxygen atoms in total. The summed E-state index contributed by atoms with van der Waals surface area (Å²) in [5.74, 6) is -4.36. The first kappa shape index (κ1) is 24.5. The molecule has 0 unspecified atom stereocenters. The van der Waals surface area contributed by atoms with Crippen molar-refractivity contribution in [3.8, 4) is 11.6 Å². The van der Waals surface area contributed by atoms with Crippen LogP contribution in [0.2, 0.25) is 0 Å².